The van der Waals surface area contributed by atoms with Crippen molar-refractivity contribution in [3.8, 4) is 5.75 Å². The van der Waals surface area contributed by atoms with Gasteiger partial charge in [-0.3, -0.25) is 24.6 Å². The van der Waals surface area contributed by atoms with Gasteiger partial charge >= 0.3 is 0 Å². The smallest absolute Gasteiger partial charge is 0.255 e. The molecule has 4 fully saturated rings. The Bertz CT molecular complexity index is 1020. The molecule has 2 saturated heterocycles. The number of aliphatic hydroxyl groups excluding tert-OH is 1. The number of likely N-dealkylation sites (tertiary alicyclic amines) is 1. The van der Waals surface area contributed by atoms with Crippen LogP contribution in [0.3, 0.4) is 0 Å². The van der Waals surface area contributed by atoms with Gasteiger partial charge in [0.05, 0.1) is 0 Å². The molecule has 3 atom stereocenters. The highest BCUT2D eigenvalue weighted by atomic mass is 16.5. The third-order valence-electron chi connectivity index (χ3n) is 9.17. The van der Waals surface area contributed by atoms with Gasteiger partial charge in [0.2, 0.25) is 11.8 Å². The molecule has 0 aromatic heterocycles. The molecule has 2 saturated carbocycles. The lowest BCUT2D eigenvalue weighted by atomic mass is 9.75. The number of benzene rings is 1. The molecule has 208 valence electrons. The van der Waals surface area contributed by atoms with Crippen LogP contribution in [0.4, 0.5) is 0 Å². The number of fused-ring (bicyclic) bond motifs is 1. The van der Waals surface area contributed by atoms with Gasteiger partial charge in [0.25, 0.3) is 5.91 Å². The Labute approximate surface area is 226 Å². The molecule has 2 N–H and O–H groups in total. The van der Waals surface area contributed by atoms with Crippen LogP contribution < -0.4 is 10.1 Å². The van der Waals surface area contributed by atoms with Crippen molar-refractivity contribution in [1.29, 1.82) is 0 Å². The lowest BCUT2D eigenvalue weighted by molar-refractivity contribution is -0.136. The highest BCUT2D eigenvalue weighted by Crippen LogP contribution is 2.39. The summed E-state index contributed by atoms with van der Waals surface area (Å²) in [5.41, 5.74) is 1.55. The predicted molar refractivity (Wildman–Crippen MR) is 144 cm³/mol. The highest BCUT2D eigenvalue weighted by molar-refractivity contribution is 6.05. The van der Waals surface area contributed by atoms with Crippen LogP contribution in [0.2, 0.25) is 0 Å². The van der Waals surface area contributed by atoms with Crippen molar-refractivity contribution in [1.82, 2.24) is 15.1 Å². The average Bonchev–Trinajstić information content (AvgIpc) is 3.20. The van der Waals surface area contributed by atoms with Crippen LogP contribution in [0, 0.1) is 11.8 Å². The molecule has 3 heterocycles. The van der Waals surface area contributed by atoms with E-state index in [0.29, 0.717) is 24.6 Å². The van der Waals surface area contributed by atoms with Crippen LogP contribution in [0.1, 0.15) is 93.5 Å². The first-order chi connectivity index (χ1) is 18.5. The summed E-state index contributed by atoms with van der Waals surface area (Å²) in [5, 5.41) is 9.94. The third kappa shape index (κ3) is 5.76. The molecule has 5 aliphatic rings. The molecular formula is C30H43N3O5. The topological polar surface area (TPSA) is 99.2 Å². The summed E-state index contributed by atoms with van der Waals surface area (Å²) in [6.45, 7) is 4.78. The number of hydrogen-bond donors (Lipinski definition) is 2. The highest BCUT2D eigenvalue weighted by Gasteiger charge is 2.42. The molecule has 3 aliphatic heterocycles. The van der Waals surface area contributed by atoms with Gasteiger partial charge in [0.1, 0.15) is 17.9 Å². The zero-order chi connectivity index (χ0) is 26.6. The number of nitrogens with one attached hydrogen (secondary N) is 1. The fraction of sp³-hybridized carbons (Fsp3) is 0.700. The number of nitrogens with zero attached hydrogens (tertiary/aromatic N) is 2. The predicted octanol–water partition coefficient (Wildman–Crippen LogP) is 3.65. The molecule has 3 amide bonds. The van der Waals surface area contributed by atoms with E-state index >= 15 is 0 Å². The minimum absolute atomic E-state index is 0.133. The molecule has 1 aromatic rings. The number of carbonyl (C=O) groups excluding carboxylic acids is 3. The van der Waals surface area contributed by atoms with Gasteiger partial charge in [-0.25, -0.2) is 0 Å². The fourth-order valence-corrected chi connectivity index (χ4v) is 7.15. The molecule has 2 aliphatic carbocycles. The van der Waals surface area contributed by atoms with E-state index in [1.807, 2.05) is 18.2 Å². The third-order valence-corrected chi connectivity index (χ3v) is 9.17. The summed E-state index contributed by atoms with van der Waals surface area (Å²) in [6.07, 6.45) is 12.7. The minimum Gasteiger partial charge on any atom is -0.489 e. The molecule has 0 bridgehead atoms. The second kappa shape index (κ2) is 12.2. The Hall–Kier alpha value is -2.45. The van der Waals surface area contributed by atoms with Crippen LogP contribution in [0.15, 0.2) is 18.2 Å². The van der Waals surface area contributed by atoms with E-state index in [4.69, 9.17) is 9.84 Å². The van der Waals surface area contributed by atoms with Crippen molar-refractivity contribution in [3.05, 3.63) is 29.3 Å². The summed E-state index contributed by atoms with van der Waals surface area (Å²) in [4.78, 5) is 41.1. The number of ether oxygens (including phenoxy) is 1. The van der Waals surface area contributed by atoms with E-state index in [0.717, 1.165) is 29.6 Å². The second-order valence-electron chi connectivity index (χ2n) is 11.7. The van der Waals surface area contributed by atoms with Crippen LogP contribution in [-0.4, -0.2) is 70.5 Å². The first-order valence-corrected chi connectivity index (χ1v) is 14.8. The maximum absolute atomic E-state index is 13.0. The van der Waals surface area contributed by atoms with Crippen molar-refractivity contribution in [2.24, 2.45) is 11.8 Å². The first-order valence-electron chi connectivity index (χ1n) is 14.8. The van der Waals surface area contributed by atoms with Crippen molar-refractivity contribution >= 4 is 17.7 Å². The zero-order valence-electron chi connectivity index (χ0n) is 22.7. The summed E-state index contributed by atoms with van der Waals surface area (Å²) >= 11 is 0. The van der Waals surface area contributed by atoms with Crippen LogP contribution >= 0.6 is 0 Å². The molecule has 8 nitrogen and oxygen atoms in total. The lowest BCUT2D eigenvalue weighted by Crippen LogP contribution is -2.59. The summed E-state index contributed by atoms with van der Waals surface area (Å²) in [6, 6.07) is 5.66. The Morgan fingerprint density at radius 2 is 1.66 bits per heavy atom. The minimum atomic E-state index is -0.580. The van der Waals surface area contributed by atoms with Crippen molar-refractivity contribution in [3.63, 3.8) is 0 Å². The second-order valence-corrected chi connectivity index (χ2v) is 11.7. The number of hydrogen-bond acceptors (Lipinski definition) is 6. The Morgan fingerprint density at radius 3 is 2.39 bits per heavy atom. The van der Waals surface area contributed by atoms with Gasteiger partial charge in [0.15, 0.2) is 0 Å². The summed E-state index contributed by atoms with van der Waals surface area (Å²) in [5.74, 6) is 1.87. The van der Waals surface area contributed by atoms with Crippen LogP contribution in [0.5, 0.6) is 5.75 Å². The van der Waals surface area contributed by atoms with Crippen molar-refractivity contribution < 1.29 is 24.2 Å². The zero-order valence-corrected chi connectivity index (χ0v) is 22.7. The van der Waals surface area contributed by atoms with Gasteiger partial charge in [-0.05, 0) is 68.2 Å². The van der Waals surface area contributed by atoms with E-state index in [9.17, 15) is 14.4 Å². The van der Waals surface area contributed by atoms with Gasteiger partial charge in [-0.15, -0.1) is 0 Å². The van der Waals surface area contributed by atoms with Gasteiger partial charge < -0.3 is 14.7 Å². The normalized spacial score (nSPS) is 28.7. The number of aliphatic hydroxyl groups is 1. The maximum atomic E-state index is 13.0. The number of rotatable bonds is 5. The van der Waals surface area contributed by atoms with Gasteiger partial charge in [-0.2, -0.15) is 0 Å². The van der Waals surface area contributed by atoms with E-state index in [1.54, 1.807) is 11.8 Å². The first kappa shape index (κ1) is 27.1. The van der Waals surface area contributed by atoms with Crippen molar-refractivity contribution in [2.45, 2.75) is 102 Å². The van der Waals surface area contributed by atoms with Crippen LogP contribution in [-0.2, 0) is 16.1 Å². The quantitative estimate of drug-likeness (QED) is 0.570. The van der Waals surface area contributed by atoms with Crippen molar-refractivity contribution in [2.75, 3.05) is 19.7 Å². The number of amides is 3. The van der Waals surface area contributed by atoms with E-state index in [1.165, 1.54) is 64.5 Å². The SMILES string of the molecule is CCO.O=C1CCC(N2Cc3cc(OC4CCCCC4N4CC(C5CCCCC5)C4)ccc3C2=O)C(=O)N1. The standard InChI is InChI=1S/C28H37N3O4.C2H6O/c32-26-13-12-24(27(33)29-26)31-17-19-14-21(10-11-22(19)28(31)34)35-25-9-5-4-8-23(25)30-15-20(16-30)18-6-2-1-3-7-18;1-2-3/h10-11,14,18,20,23-25H,1-9,12-13,15-17H2,(H,29,32,33);3H,2H2,1H3. The van der Waals surface area contributed by atoms with Gasteiger partial charge in [-0.1, -0.05) is 38.5 Å². The largest absolute Gasteiger partial charge is 0.489 e. The van der Waals surface area contributed by atoms with E-state index in [-0.39, 0.29) is 36.9 Å². The molecule has 1 aromatic carbocycles. The molecule has 0 radical (unpaired) electrons. The maximum Gasteiger partial charge on any atom is 0.255 e. The Kier molecular flexibility index (Phi) is 8.68. The Balaban J connectivity index is 0.000000937. The molecule has 38 heavy (non-hydrogen) atoms. The monoisotopic (exact) mass is 525 g/mol. The molecule has 6 rings (SSSR count). The fourth-order valence-electron chi connectivity index (χ4n) is 7.15. The molecule has 3 unspecified atom stereocenters. The Morgan fingerprint density at radius 1 is 0.947 bits per heavy atom. The number of piperidine rings is 1. The number of carbonyl (C=O) groups is 3. The van der Waals surface area contributed by atoms with E-state index in [2.05, 4.69) is 10.2 Å². The molecule has 8 heteroatoms. The summed E-state index contributed by atoms with van der Waals surface area (Å²) in [7, 11) is 0. The lowest BCUT2D eigenvalue weighted by Gasteiger charge is -2.51. The number of imide groups is 1. The van der Waals surface area contributed by atoms with E-state index < -0.39 is 6.04 Å². The van der Waals surface area contributed by atoms with Crippen LogP contribution in [0.25, 0.3) is 0 Å². The average molecular weight is 526 g/mol. The summed E-state index contributed by atoms with van der Waals surface area (Å²) < 4.78 is 6.59. The molecular weight excluding hydrogens is 482 g/mol. The molecule has 0 spiro atoms. The van der Waals surface area contributed by atoms with Gasteiger partial charge in [0, 0.05) is 44.3 Å².